The van der Waals surface area contributed by atoms with Gasteiger partial charge in [0.15, 0.2) is 0 Å². The van der Waals surface area contributed by atoms with Crippen LogP contribution in [0.5, 0.6) is 0 Å². The molecule has 0 aliphatic carbocycles. The second-order valence-electron chi connectivity index (χ2n) is 23.9. The van der Waals surface area contributed by atoms with E-state index in [4.69, 9.17) is 4.74 Å². The minimum atomic E-state index is -0.846. The molecule has 6 heteroatoms. The molecule has 0 aliphatic rings. The van der Waals surface area contributed by atoms with Gasteiger partial charge >= 0.3 is 5.97 Å². The number of unbranched alkanes of at least 4 members (excludes halogenated alkanes) is 48. The van der Waals surface area contributed by atoms with Gasteiger partial charge in [-0.25, -0.2) is 0 Å². The molecule has 0 spiro atoms. The third-order valence-corrected chi connectivity index (χ3v) is 16.1. The van der Waals surface area contributed by atoms with Crippen LogP contribution in [0.15, 0.2) is 48.6 Å². The largest absolute Gasteiger partial charge is 0.466 e. The van der Waals surface area contributed by atoms with Gasteiger partial charge in [0.05, 0.1) is 25.4 Å². The Bertz CT molecular complexity index is 1310. The number of aliphatic hydroxyl groups is 2. The maximum Gasteiger partial charge on any atom is 0.305 e. The number of hydrogen-bond donors (Lipinski definition) is 3. The van der Waals surface area contributed by atoms with Crippen LogP contribution in [0.2, 0.25) is 0 Å². The summed E-state index contributed by atoms with van der Waals surface area (Å²) in [6.45, 7) is 4.91. The van der Waals surface area contributed by atoms with E-state index in [2.05, 4.69) is 55.6 Å². The van der Waals surface area contributed by atoms with Gasteiger partial charge in [0.2, 0.25) is 5.91 Å². The van der Waals surface area contributed by atoms with Crippen molar-refractivity contribution in [1.29, 1.82) is 0 Å². The molecular weight excluding hydrogens is 959 g/mol. The lowest BCUT2D eigenvalue weighted by Gasteiger charge is -2.20. The minimum absolute atomic E-state index is 0.00748. The van der Waals surface area contributed by atoms with Crippen molar-refractivity contribution in [3.8, 4) is 0 Å². The molecule has 1 amide bonds. The standard InChI is InChI=1S/C72H135NO5/c1-3-5-7-9-11-13-15-17-19-21-34-38-42-46-50-54-58-62-66-72(77)78-67-63-59-55-51-47-43-39-35-32-30-28-26-24-22-23-25-27-29-31-33-37-41-45-49-53-57-61-65-71(76)73-69(68-74)70(75)64-60-56-52-48-44-40-36-20-18-16-14-12-10-8-6-4-2/h13,15,19,21-23,60,64,69-70,74-75H,3-12,14,16-18,20,24-59,61-63,65-68H2,1-2H3,(H,73,76)/b15-13-,21-19-,23-22-,64-60+. The number of hydrogen-bond acceptors (Lipinski definition) is 5. The molecular formula is C72H135NO5. The lowest BCUT2D eigenvalue weighted by molar-refractivity contribution is -0.143. The smallest absolute Gasteiger partial charge is 0.305 e. The average molecular weight is 1090 g/mol. The summed E-state index contributed by atoms with van der Waals surface area (Å²) in [6.07, 6.45) is 87.5. The van der Waals surface area contributed by atoms with Crippen LogP contribution in [-0.4, -0.2) is 47.4 Å². The number of carbonyl (C=O) groups excluding carboxylic acids is 2. The molecule has 0 heterocycles. The van der Waals surface area contributed by atoms with E-state index in [1.807, 2.05) is 6.08 Å². The number of nitrogens with one attached hydrogen (secondary N) is 1. The fourth-order valence-corrected chi connectivity index (χ4v) is 10.7. The van der Waals surface area contributed by atoms with E-state index in [1.165, 1.54) is 295 Å². The zero-order valence-corrected chi connectivity index (χ0v) is 52.4. The van der Waals surface area contributed by atoms with Crippen LogP contribution in [0.1, 0.15) is 373 Å². The van der Waals surface area contributed by atoms with Crippen molar-refractivity contribution in [3.05, 3.63) is 48.6 Å². The van der Waals surface area contributed by atoms with Crippen LogP contribution >= 0.6 is 0 Å². The van der Waals surface area contributed by atoms with Gasteiger partial charge in [-0.05, 0) is 89.9 Å². The Morgan fingerprint density at radius 2 is 0.641 bits per heavy atom. The van der Waals surface area contributed by atoms with Crippen molar-refractivity contribution in [2.45, 2.75) is 386 Å². The van der Waals surface area contributed by atoms with E-state index in [0.717, 1.165) is 51.4 Å². The molecule has 458 valence electrons. The number of aliphatic hydroxyl groups excluding tert-OH is 2. The SMILES string of the molecule is CCCCCC/C=C\C/C=C\CCCCCCCCCC(=O)OCCCCCCCCCCCCCC/C=C\CCCCCCCCCCCCCC(=O)NC(CO)C(O)/C=C/CCCCCCCCCCCCCCCC. The first-order valence-corrected chi connectivity index (χ1v) is 34.9. The normalized spacial score (nSPS) is 12.8. The lowest BCUT2D eigenvalue weighted by Crippen LogP contribution is -2.45. The van der Waals surface area contributed by atoms with Crippen molar-refractivity contribution < 1.29 is 24.5 Å². The monoisotopic (exact) mass is 1090 g/mol. The number of allylic oxidation sites excluding steroid dienone is 7. The minimum Gasteiger partial charge on any atom is -0.466 e. The van der Waals surface area contributed by atoms with Crippen molar-refractivity contribution in [3.63, 3.8) is 0 Å². The summed E-state index contributed by atoms with van der Waals surface area (Å²) in [7, 11) is 0. The number of rotatable bonds is 65. The molecule has 0 aromatic heterocycles. The van der Waals surface area contributed by atoms with E-state index < -0.39 is 12.1 Å². The van der Waals surface area contributed by atoms with Crippen LogP contribution < -0.4 is 5.32 Å². The van der Waals surface area contributed by atoms with Gasteiger partial charge in [0, 0.05) is 12.8 Å². The quantitative estimate of drug-likeness (QED) is 0.0320. The fraction of sp³-hybridized carbons (Fsp3) is 0.861. The highest BCUT2D eigenvalue weighted by Gasteiger charge is 2.18. The number of amides is 1. The Balaban J connectivity index is 3.40. The molecule has 3 N–H and O–H groups in total. The second-order valence-corrected chi connectivity index (χ2v) is 23.9. The maximum absolute atomic E-state index is 12.5. The highest BCUT2D eigenvalue weighted by atomic mass is 16.5. The van der Waals surface area contributed by atoms with E-state index in [-0.39, 0.29) is 18.5 Å². The van der Waals surface area contributed by atoms with Gasteiger partial charge in [-0.15, -0.1) is 0 Å². The van der Waals surface area contributed by atoms with Gasteiger partial charge in [-0.3, -0.25) is 9.59 Å². The summed E-state index contributed by atoms with van der Waals surface area (Å²) in [6, 6.07) is -0.629. The third kappa shape index (κ3) is 63.0. The zero-order valence-electron chi connectivity index (χ0n) is 52.4. The van der Waals surface area contributed by atoms with Crippen LogP contribution in [-0.2, 0) is 14.3 Å². The first-order chi connectivity index (χ1) is 38.5. The average Bonchev–Trinajstić information content (AvgIpc) is 3.44. The lowest BCUT2D eigenvalue weighted by atomic mass is 10.0. The molecule has 2 unspecified atom stereocenters. The second kappa shape index (κ2) is 67.3. The van der Waals surface area contributed by atoms with Gasteiger partial charge in [-0.1, -0.05) is 319 Å². The van der Waals surface area contributed by atoms with Crippen LogP contribution in [0.25, 0.3) is 0 Å². The summed E-state index contributed by atoms with van der Waals surface area (Å²) in [5, 5.41) is 23.2. The van der Waals surface area contributed by atoms with Crippen LogP contribution in [0, 0.1) is 0 Å². The van der Waals surface area contributed by atoms with Crippen molar-refractivity contribution in [1.82, 2.24) is 5.32 Å². The van der Waals surface area contributed by atoms with Gasteiger partial charge in [0.1, 0.15) is 0 Å². The molecule has 0 radical (unpaired) electrons. The number of esters is 1. The molecule has 0 saturated heterocycles. The van der Waals surface area contributed by atoms with Crippen molar-refractivity contribution in [2.24, 2.45) is 0 Å². The molecule has 0 aliphatic heterocycles. The van der Waals surface area contributed by atoms with E-state index in [1.54, 1.807) is 6.08 Å². The third-order valence-electron chi connectivity index (χ3n) is 16.1. The number of carbonyl (C=O) groups is 2. The summed E-state index contributed by atoms with van der Waals surface area (Å²) in [4.78, 5) is 24.6. The molecule has 0 bridgehead atoms. The summed E-state index contributed by atoms with van der Waals surface area (Å²) in [5.74, 6) is -0.0596. The maximum atomic E-state index is 12.5. The summed E-state index contributed by atoms with van der Waals surface area (Å²) < 4.78 is 5.50. The van der Waals surface area contributed by atoms with Gasteiger partial charge in [0.25, 0.3) is 0 Å². The Morgan fingerprint density at radius 3 is 1.00 bits per heavy atom. The Morgan fingerprint density at radius 1 is 0.359 bits per heavy atom. The summed E-state index contributed by atoms with van der Waals surface area (Å²) in [5.41, 5.74) is 0. The molecule has 0 aromatic rings. The van der Waals surface area contributed by atoms with Crippen LogP contribution in [0.4, 0.5) is 0 Å². The Kier molecular flexibility index (Phi) is 65.4. The van der Waals surface area contributed by atoms with Gasteiger partial charge in [-0.2, -0.15) is 0 Å². The van der Waals surface area contributed by atoms with E-state index >= 15 is 0 Å². The number of ether oxygens (including phenoxy) is 1. The first kappa shape index (κ1) is 75.8. The Hall–Kier alpha value is -2.18. The molecule has 78 heavy (non-hydrogen) atoms. The summed E-state index contributed by atoms with van der Waals surface area (Å²) >= 11 is 0. The highest BCUT2D eigenvalue weighted by molar-refractivity contribution is 5.76. The fourth-order valence-electron chi connectivity index (χ4n) is 10.7. The van der Waals surface area contributed by atoms with E-state index in [0.29, 0.717) is 19.4 Å². The molecule has 0 fully saturated rings. The molecule has 6 nitrogen and oxygen atoms in total. The van der Waals surface area contributed by atoms with E-state index in [9.17, 15) is 19.8 Å². The van der Waals surface area contributed by atoms with Gasteiger partial charge < -0.3 is 20.3 Å². The predicted octanol–water partition coefficient (Wildman–Crippen LogP) is 22.5. The predicted molar refractivity (Wildman–Crippen MR) is 342 cm³/mol. The molecule has 0 rings (SSSR count). The zero-order chi connectivity index (χ0) is 56.4. The molecule has 0 saturated carbocycles. The van der Waals surface area contributed by atoms with Crippen LogP contribution in [0.3, 0.4) is 0 Å². The highest BCUT2D eigenvalue weighted by Crippen LogP contribution is 2.18. The first-order valence-electron chi connectivity index (χ1n) is 34.9. The Labute approximate surface area is 486 Å². The molecule has 2 atom stereocenters. The van der Waals surface area contributed by atoms with Crippen molar-refractivity contribution >= 4 is 11.9 Å². The van der Waals surface area contributed by atoms with Crippen molar-refractivity contribution in [2.75, 3.05) is 13.2 Å². The molecule has 0 aromatic carbocycles. The topological polar surface area (TPSA) is 95.9 Å².